The first-order valence-electron chi connectivity index (χ1n) is 9.16. The van der Waals surface area contributed by atoms with Gasteiger partial charge in [0.15, 0.2) is 10.4 Å². The van der Waals surface area contributed by atoms with Crippen molar-refractivity contribution in [1.82, 2.24) is 24.5 Å². The first kappa shape index (κ1) is 19.1. The highest BCUT2D eigenvalue weighted by atomic mass is 79.9. The fourth-order valence-electron chi connectivity index (χ4n) is 4.04. The van der Waals surface area contributed by atoms with E-state index < -0.39 is 0 Å². The van der Waals surface area contributed by atoms with Gasteiger partial charge >= 0.3 is 0 Å². The van der Waals surface area contributed by atoms with Crippen LogP contribution < -0.4 is 0 Å². The molecule has 27 heavy (non-hydrogen) atoms. The third kappa shape index (κ3) is 3.71. The molecular weight excluding hydrogens is 449 g/mol. The Bertz CT molecular complexity index is 982. The van der Waals surface area contributed by atoms with Gasteiger partial charge in [0.25, 0.3) is 0 Å². The molecule has 0 amide bonds. The van der Waals surface area contributed by atoms with Gasteiger partial charge in [-0.2, -0.15) is 4.98 Å². The van der Waals surface area contributed by atoms with E-state index in [-0.39, 0.29) is 11.3 Å². The van der Waals surface area contributed by atoms with Crippen molar-refractivity contribution < 1.29 is 0 Å². The van der Waals surface area contributed by atoms with Crippen molar-refractivity contribution in [2.24, 2.45) is 11.8 Å². The van der Waals surface area contributed by atoms with Gasteiger partial charge in [-0.05, 0) is 65.2 Å². The third-order valence-corrected chi connectivity index (χ3v) is 6.54. The number of halogens is 3. The summed E-state index contributed by atoms with van der Waals surface area (Å²) < 4.78 is 2.94. The second kappa shape index (κ2) is 7.64. The fraction of sp³-hybridized carbons (Fsp3) is 0.474. The van der Waals surface area contributed by atoms with Gasteiger partial charge in [-0.25, -0.2) is 9.97 Å². The van der Waals surface area contributed by atoms with Gasteiger partial charge in [-0.1, -0.05) is 31.4 Å². The van der Waals surface area contributed by atoms with Crippen molar-refractivity contribution in [3.05, 3.63) is 33.5 Å². The molecule has 0 spiro atoms. The van der Waals surface area contributed by atoms with E-state index in [9.17, 15) is 0 Å². The zero-order valence-electron chi connectivity index (χ0n) is 15.2. The van der Waals surface area contributed by atoms with E-state index in [2.05, 4.69) is 54.3 Å². The number of hydrogen-bond acceptors (Lipinski definition) is 4. The van der Waals surface area contributed by atoms with E-state index in [0.717, 1.165) is 21.7 Å². The van der Waals surface area contributed by atoms with Crippen LogP contribution >= 0.6 is 39.1 Å². The molecule has 0 N–H and O–H groups in total. The van der Waals surface area contributed by atoms with Gasteiger partial charge in [0.2, 0.25) is 5.28 Å². The van der Waals surface area contributed by atoms with Gasteiger partial charge in [0.1, 0.15) is 11.2 Å². The lowest BCUT2D eigenvalue weighted by Crippen LogP contribution is -2.22. The maximum atomic E-state index is 6.18. The number of imidazole rings is 1. The molecule has 1 aliphatic rings. The fourth-order valence-corrected chi connectivity index (χ4v) is 5.05. The van der Waals surface area contributed by atoms with Crippen LogP contribution in [0.4, 0.5) is 0 Å². The summed E-state index contributed by atoms with van der Waals surface area (Å²) in [6.45, 7) is 4.59. The van der Waals surface area contributed by atoms with Crippen LogP contribution in [0.25, 0.3) is 22.4 Å². The topological polar surface area (TPSA) is 56.5 Å². The molecule has 0 saturated heterocycles. The monoisotopic (exact) mass is 467 g/mol. The van der Waals surface area contributed by atoms with Crippen LogP contribution in [0.3, 0.4) is 0 Å². The molecular formula is C19H20BrCl2N5. The largest absolute Gasteiger partial charge is 0.312 e. The second-order valence-corrected chi connectivity index (χ2v) is 8.90. The number of rotatable bonds is 3. The minimum Gasteiger partial charge on any atom is -0.312 e. The lowest BCUT2D eigenvalue weighted by molar-refractivity contribution is 0.226. The molecule has 3 aromatic heterocycles. The van der Waals surface area contributed by atoms with Crippen molar-refractivity contribution in [2.45, 2.75) is 45.6 Å². The number of nitrogens with zero attached hydrogens (tertiary/aromatic N) is 5. The summed E-state index contributed by atoms with van der Waals surface area (Å²) in [6, 6.07) is 2.11. The predicted molar refractivity (Wildman–Crippen MR) is 112 cm³/mol. The Morgan fingerprint density at radius 3 is 2.56 bits per heavy atom. The average molecular weight is 469 g/mol. The summed E-state index contributed by atoms with van der Waals surface area (Å²) in [5, 5.41) is 0.712. The van der Waals surface area contributed by atoms with Crippen molar-refractivity contribution in [3.63, 3.8) is 0 Å². The lowest BCUT2D eigenvalue weighted by Gasteiger charge is -2.32. The zero-order chi connectivity index (χ0) is 19.1. The molecule has 4 rings (SSSR count). The van der Waals surface area contributed by atoms with Crippen LogP contribution in [0.15, 0.2) is 23.2 Å². The summed E-state index contributed by atoms with van der Waals surface area (Å²) >= 11 is 16.0. The van der Waals surface area contributed by atoms with Crippen molar-refractivity contribution >= 4 is 50.3 Å². The molecule has 0 radical (unpaired) electrons. The van der Waals surface area contributed by atoms with Crippen LogP contribution in [-0.2, 0) is 0 Å². The number of hydrogen-bond donors (Lipinski definition) is 0. The molecule has 1 unspecified atom stereocenters. The zero-order valence-corrected chi connectivity index (χ0v) is 18.3. The van der Waals surface area contributed by atoms with Gasteiger partial charge in [0.05, 0.1) is 5.02 Å². The molecule has 3 aromatic rings. The van der Waals surface area contributed by atoms with Crippen LogP contribution in [0.5, 0.6) is 0 Å². The van der Waals surface area contributed by atoms with Crippen LogP contribution in [0.1, 0.15) is 45.6 Å². The summed E-state index contributed by atoms with van der Waals surface area (Å²) in [5.74, 6) is 1.41. The number of pyridine rings is 1. The van der Waals surface area contributed by atoms with Gasteiger partial charge in [-0.3, -0.25) is 4.98 Å². The highest BCUT2D eigenvalue weighted by Gasteiger charge is 2.28. The molecule has 1 fully saturated rings. The normalized spacial score (nSPS) is 21.5. The highest BCUT2D eigenvalue weighted by molar-refractivity contribution is 9.10. The Morgan fingerprint density at radius 2 is 1.85 bits per heavy atom. The van der Waals surface area contributed by atoms with E-state index in [1.165, 1.54) is 25.7 Å². The molecule has 0 bridgehead atoms. The van der Waals surface area contributed by atoms with Crippen molar-refractivity contribution in [1.29, 1.82) is 0 Å². The van der Waals surface area contributed by atoms with Crippen molar-refractivity contribution in [3.8, 4) is 11.3 Å². The van der Waals surface area contributed by atoms with E-state index >= 15 is 0 Å². The van der Waals surface area contributed by atoms with Crippen LogP contribution in [-0.4, -0.2) is 24.5 Å². The quantitative estimate of drug-likeness (QED) is 0.332. The molecule has 5 nitrogen and oxygen atoms in total. The maximum absolute atomic E-state index is 6.18. The van der Waals surface area contributed by atoms with E-state index in [1.54, 1.807) is 12.4 Å². The van der Waals surface area contributed by atoms with Gasteiger partial charge in [-0.15, -0.1) is 0 Å². The highest BCUT2D eigenvalue weighted by Crippen LogP contribution is 2.40. The summed E-state index contributed by atoms with van der Waals surface area (Å²) in [5.41, 5.74) is 2.94. The summed E-state index contributed by atoms with van der Waals surface area (Å²) in [4.78, 5) is 17.6. The first-order chi connectivity index (χ1) is 12.9. The Labute approximate surface area is 176 Å². The molecule has 1 atom stereocenters. The van der Waals surface area contributed by atoms with E-state index in [0.29, 0.717) is 22.3 Å². The SMILES string of the molecule is CC([C@H]1CC[C@H](C)CC1)n1c(Br)nc2nc(Cl)nc(-c3cncc(Cl)c3)c21. The smallest absolute Gasteiger partial charge is 0.225 e. The van der Waals surface area contributed by atoms with Gasteiger partial charge in [0, 0.05) is 24.0 Å². The van der Waals surface area contributed by atoms with Crippen LogP contribution in [0.2, 0.25) is 10.3 Å². The molecule has 142 valence electrons. The Kier molecular flexibility index (Phi) is 5.41. The lowest BCUT2D eigenvalue weighted by atomic mass is 9.79. The minimum absolute atomic E-state index is 0.161. The molecule has 1 saturated carbocycles. The first-order valence-corrected chi connectivity index (χ1v) is 10.7. The third-order valence-electron chi connectivity index (χ3n) is 5.60. The number of aromatic nitrogens is 5. The maximum Gasteiger partial charge on any atom is 0.225 e. The van der Waals surface area contributed by atoms with Gasteiger partial charge < -0.3 is 4.57 Å². The van der Waals surface area contributed by atoms with Crippen molar-refractivity contribution in [2.75, 3.05) is 0 Å². The molecule has 1 aliphatic carbocycles. The average Bonchev–Trinajstić information content (AvgIpc) is 2.96. The van der Waals surface area contributed by atoms with E-state index in [4.69, 9.17) is 23.2 Å². The standard InChI is InChI=1S/C19H20BrCl2N5/c1-10-3-5-12(6-4-10)11(2)27-16-15(13-7-14(21)9-23-8-13)24-19(22)26-17(16)25-18(27)20/h7-12H,3-6H2,1-2H3/t10-,11?,12-. The van der Waals surface area contributed by atoms with E-state index in [1.807, 2.05) is 6.07 Å². The summed E-state index contributed by atoms with van der Waals surface area (Å²) in [6.07, 6.45) is 8.32. The molecule has 8 heteroatoms. The Hall–Kier alpha value is -1.24. The molecule has 0 aliphatic heterocycles. The molecule has 3 heterocycles. The Balaban J connectivity index is 1.87. The second-order valence-electron chi connectivity index (χ2n) is 7.42. The minimum atomic E-state index is 0.161. The Morgan fingerprint density at radius 1 is 1.11 bits per heavy atom. The molecule has 0 aromatic carbocycles. The number of fused-ring (bicyclic) bond motifs is 1. The van der Waals surface area contributed by atoms with Crippen LogP contribution in [0, 0.1) is 11.8 Å². The predicted octanol–water partition coefficient (Wildman–Crippen LogP) is 6.34. The summed E-state index contributed by atoms with van der Waals surface area (Å²) in [7, 11) is 0.